The third kappa shape index (κ3) is 3.22. The Labute approximate surface area is 113 Å². The lowest BCUT2D eigenvalue weighted by atomic mass is 10.2. The molecular weight excluding hydrogens is 251 g/mol. The van der Waals surface area contributed by atoms with Gasteiger partial charge in [-0.3, -0.25) is 4.90 Å². The van der Waals surface area contributed by atoms with E-state index in [0.29, 0.717) is 18.2 Å². The van der Waals surface area contributed by atoms with Crippen LogP contribution in [-0.2, 0) is 6.54 Å². The first kappa shape index (κ1) is 13.8. The maximum atomic E-state index is 13.7. The van der Waals surface area contributed by atoms with Crippen molar-refractivity contribution in [2.24, 2.45) is 0 Å². The van der Waals surface area contributed by atoms with E-state index in [1.54, 1.807) is 18.2 Å². The predicted molar refractivity (Wildman–Crippen MR) is 73.4 cm³/mol. The van der Waals surface area contributed by atoms with E-state index in [2.05, 4.69) is 17.1 Å². The highest BCUT2D eigenvalue weighted by Gasteiger charge is 2.22. The summed E-state index contributed by atoms with van der Waals surface area (Å²) < 4.78 is 13.7. The van der Waals surface area contributed by atoms with Crippen molar-refractivity contribution in [3.63, 3.8) is 0 Å². The van der Waals surface area contributed by atoms with Crippen molar-refractivity contribution in [1.29, 1.82) is 0 Å². The van der Waals surface area contributed by atoms with Crippen LogP contribution in [-0.4, -0.2) is 30.6 Å². The molecule has 0 radical (unpaired) electrons. The molecule has 1 heterocycles. The molecule has 2 nitrogen and oxygen atoms in total. The quantitative estimate of drug-likeness (QED) is 0.885. The van der Waals surface area contributed by atoms with Gasteiger partial charge >= 0.3 is 0 Å². The summed E-state index contributed by atoms with van der Waals surface area (Å²) in [5, 5.41) is 3.54. The lowest BCUT2D eigenvalue weighted by Gasteiger charge is -2.23. The van der Waals surface area contributed by atoms with Gasteiger partial charge in [0.1, 0.15) is 5.82 Å². The van der Waals surface area contributed by atoms with Crippen molar-refractivity contribution in [2.75, 3.05) is 19.6 Å². The fourth-order valence-corrected chi connectivity index (χ4v) is 2.80. The summed E-state index contributed by atoms with van der Waals surface area (Å²) in [5.41, 5.74) is 0.642. The number of hydrogen-bond acceptors (Lipinski definition) is 2. The van der Waals surface area contributed by atoms with Crippen LogP contribution in [0.1, 0.15) is 25.3 Å². The summed E-state index contributed by atoms with van der Waals surface area (Å²) in [6.07, 6.45) is 2.50. The van der Waals surface area contributed by atoms with Gasteiger partial charge in [-0.05, 0) is 32.0 Å². The molecule has 0 aromatic heterocycles. The number of likely N-dealkylation sites (tertiary alicyclic amines) is 1. The molecule has 0 spiro atoms. The van der Waals surface area contributed by atoms with Gasteiger partial charge in [0.25, 0.3) is 0 Å². The van der Waals surface area contributed by atoms with E-state index >= 15 is 0 Å². The Balaban J connectivity index is 1.83. The predicted octanol–water partition coefficient (Wildman–Crippen LogP) is 3.05. The van der Waals surface area contributed by atoms with Crippen molar-refractivity contribution in [2.45, 2.75) is 32.4 Å². The second-order valence-corrected chi connectivity index (χ2v) is 5.18. The number of nitrogens with one attached hydrogen (secondary N) is 1. The van der Waals surface area contributed by atoms with Gasteiger partial charge in [-0.15, -0.1) is 0 Å². The highest BCUT2D eigenvalue weighted by Crippen LogP contribution is 2.18. The third-order valence-corrected chi connectivity index (χ3v) is 3.92. The molecule has 1 aliphatic heterocycles. The standard InChI is InChI=1S/C14H20ClFN2/c1-2-18-8-4-6-12(18)10-17-9-11-5-3-7-13(15)14(11)16/h3,5,7,12,17H,2,4,6,8-10H2,1H3. The van der Waals surface area contributed by atoms with Gasteiger partial charge in [0.05, 0.1) is 5.02 Å². The van der Waals surface area contributed by atoms with Crippen molar-refractivity contribution < 1.29 is 4.39 Å². The molecule has 18 heavy (non-hydrogen) atoms. The molecule has 1 unspecified atom stereocenters. The van der Waals surface area contributed by atoms with Crippen molar-refractivity contribution >= 4 is 11.6 Å². The van der Waals surface area contributed by atoms with Crippen molar-refractivity contribution in [3.05, 3.63) is 34.6 Å². The smallest absolute Gasteiger partial charge is 0.146 e. The average Bonchev–Trinajstić information content (AvgIpc) is 2.82. The first-order valence-corrected chi connectivity index (χ1v) is 6.97. The molecule has 2 rings (SSSR count). The monoisotopic (exact) mass is 270 g/mol. The van der Waals surface area contributed by atoms with Gasteiger partial charge in [0.15, 0.2) is 0 Å². The Kier molecular flexibility index (Phi) is 4.98. The molecule has 1 fully saturated rings. The fraction of sp³-hybridized carbons (Fsp3) is 0.571. The molecule has 100 valence electrons. The van der Waals surface area contributed by atoms with E-state index in [-0.39, 0.29) is 10.8 Å². The van der Waals surface area contributed by atoms with Crippen LogP contribution in [0, 0.1) is 5.82 Å². The Bertz CT molecular complexity index is 397. The Hall–Kier alpha value is -0.640. The number of benzene rings is 1. The van der Waals surface area contributed by atoms with Crippen LogP contribution < -0.4 is 5.32 Å². The van der Waals surface area contributed by atoms with Crippen LogP contribution >= 0.6 is 11.6 Å². The molecular formula is C14H20ClFN2. The minimum absolute atomic E-state index is 0.199. The maximum absolute atomic E-state index is 13.7. The van der Waals surface area contributed by atoms with Crippen LogP contribution in [0.2, 0.25) is 5.02 Å². The van der Waals surface area contributed by atoms with E-state index in [0.717, 1.165) is 13.1 Å². The lowest BCUT2D eigenvalue weighted by molar-refractivity contribution is 0.259. The summed E-state index contributed by atoms with van der Waals surface area (Å²) in [4.78, 5) is 2.47. The molecule has 1 aliphatic rings. The summed E-state index contributed by atoms with van der Waals surface area (Å²) in [5.74, 6) is -0.301. The number of likely N-dealkylation sites (N-methyl/N-ethyl adjacent to an activating group) is 1. The van der Waals surface area contributed by atoms with E-state index in [4.69, 9.17) is 11.6 Å². The summed E-state index contributed by atoms with van der Waals surface area (Å²) in [6, 6.07) is 5.74. The van der Waals surface area contributed by atoms with Gasteiger partial charge in [-0.25, -0.2) is 4.39 Å². The van der Waals surface area contributed by atoms with Crippen LogP contribution in [0.4, 0.5) is 4.39 Å². The van der Waals surface area contributed by atoms with Crippen molar-refractivity contribution in [1.82, 2.24) is 10.2 Å². The SMILES string of the molecule is CCN1CCCC1CNCc1cccc(Cl)c1F. The van der Waals surface area contributed by atoms with Gasteiger partial charge < -0.3 is 5.32 Å². The fourth-order valence-electron chi connectivity index (χ4n) is 2.60. The number of nitrogens with zero attached hydrogens (tertiary/aromatic N) is 1. The minimum Gasteiger partial charge on any atom is -0.311 e. The van der Waals surface area contributed by atoms with Crippen LogP contribution in [0.5, 0.6) is 0 Å². The highest BCUT2D eigenvalue weighted by molar-refractivity contribution is 6.30. The van der Waals surface area contributed by atoms with Gasteiger partial charge in [0.2, 0.25) is 0 Å². The normalized spacial score (nSPS) is 20.5. The third-order valence-electron chi connectivity index (χ3n) is 3.63. The van der Waals surface area contributed by atoms with Crippen molar-refractivity contribution in [3.8, 4) is 0 Å². The second-order valence-electron chi connectivity index (χ2n) is 4.77. The molecule has 1 aromatic rings. The number of hydrogen-bond donors (Lipinski definition) is 1. The second kappa shape index (κ2) is 6.50. The topological polar surface area (TPSA) is 15.3 Å². The number of rotatable bonds is 5. The largest absolute Gasteiger partial charge is 0.311 e. The van der Waals surface area contributed by atoms with Gasteiger partial charge in [0, 0.05) is 24.7 Å². The van der Waals surface area contributed by atoms with Crippen LogP contribution in [0.3, 0.4) is 0 Å². The first-order chi connectivity index (χ1) is 8.72. The lowest BCUT2D eigenvalue weighted by Crippen LogP contribution is -2.37. The molecule has 0 aliphatic carbocycles. The Morgan fingerprint density at radius 3 is 3.11 bits per heavy atom. The molecule has 4 heteroatoms. The van der Waals surface area contributed by atoms with E-state index < -0.39 is 0 Å². The van der Waals surface area contributed by atoms with E-state index in [9.17, 15) is 4.39 Å². The maximum Gasteiger partial charge on any atom is 0.146 e. The zero-order valence-electron chi connectivity index (χ0n) is 10.8. The Morgan fingerprint density at radius 1 is 1.50 bits per heavy atom. The molecule has 1 aromatic carbocycles. The van der Waals surface area contributed by atoms with Crippen LogP contribution in [0.15, 0.2) is 18.2 Å². The van der Waals surface area contributed by atoms with E-state index in [1.165, 1.54) is 19.4 Å². The summed E-state index contributed by atoms with van der Waals surface area (Å²) in [6.45, 7) is 5.93. The first-order valence-electron chi connectivity index (χ1n) is 6.60. The summed E-state index contributed by atoms with van der Waals surface area (Å²) in [7, 11) is 0. The highest BCUT2D eigenvalue weighted by atomic mass is 35.5. The molecule has 0 amide bonds. The van der Waals surface area contributed by atoms with Gasteiger partial charge in [-0.1, -0.05) is 30.7 Å². The molecule has 1 N–H and O–H groups in total. The van der Waals surface area contributed by atoms with Crippen LogP contribution in [0.25, 0.3) is 0 Å². The Morgan fingerprint density at radius 2 is 2.33 bits per heavy atom. The van der Waals surface area contributed by atoms with Gasteiger partial charge in [-0.2, -0.15) is 0 Å². The average molecular weight is 271 g/mol. The number of halogens is 2. The molecule has 1 saturated heterocycles. The molecule has 0 bridgehead atoms. The summed E-state index contributed by atoms with van der Waals surface area (Å²) >= 11 is 5.75. The molecule has 0 saturated carbocycles. The zero-order chi connectivity index (χ0) is 13.0. The van der Waals surface area contributed by atoms with E-state index in [1.807, 2.05) is 0 Å². The zero-order valence-corrected chi connectivity index (χ0v) is 11.5. The minimum atomic E-state index is -0.301. The molecule has 1 atom stereocenters.